The van der Waals surface area contributed by atoms with Gasteiger partial charge in [-0.3, -0.25) is 37.0 Å². The van der Waals surface area contributed by atoms with Crippen molar-refractivity contribution in [1.29, 1.82) is 0 Å². The van der Waals surface area contributed by atoms with Gasteiger partial charge in [0.05, 0.1) is 97.9 Å². The molecule has 4 aromatic rings. The van der Waals surface area contributed by atoms with Crippen LogP contribution in [0.3, 0.4) is 0 Å². The van der Waals surface area contributed by atoms with E-state index in [2.05, 4.69) is 44.0 Å². The third kappa shape index (κ3) is 43.7. The molecule has 0 aliphatic carbocycles. The van der Waals surface area contributed by atoms with Crippen LogP contribution in [0.25, 0.3) is 0 Å². The Balaban J connectivity index is 0.000000357. The largest absolute Gasteiger partial charge is 0.756 e. The minimum Gasteiger partial charge on any atom is -0.756 e. The van der Waals surface area contributed by atoms with Gasteiger partial charge in [0.15, 0.2) is 13.2 Å². The van der Waals surface area contributed by atoms with E-state index >= 15 is 0 Å². The van der Waals surface area contributed by atoms with Crippen LogP contribution in [0, 0.1) is 17.8 Å². The van der Waals surface area contributed by atoms with E-state index in [1.165, 1.54) is 64.8 Å². The predicted octanol–water partition coefficient (Wildman–Crippen LogP) is 0.600. The molecule has 53 heteroatoms. The van der Waals surface area contributed by atoms with Crippen LogP contribution in [0.1, 0.15) is 19.3 Å². The van der Waals surface area contributed by atoms with Crippen molar-refractivity contribution in [1.82, 2.24) is 44.2 Å². The topological polar surface area (TPSA) is 544 Å². The molecule has 0 aromatic carbocycles. The number of hydrogen-bond acceptors (Lipinski definition) is 37. The molecule has 7 heterocycles. The number of imidazole rings is 4. The van der Waals surface area contributed by atoms with Gasteiger partial charge in [0, 0.05) is 111 Å². The molecule has 0 radical (unpaired) electrons. The smallest absolute Gasteiger partial charge is 0.317 e. The van der Waals surface area contributed by atoms with Crippen molar-refractivity contribution in [2.45, 2.75) is 64.0 Å². The molecule has 3 aliphatic heterocycles. The molecule has 101 heavy (non-hydrogen) atoms. The summed E-state index contributed by atoms with van der Waals surface area (Å²) in [7, 11) is -11.5. The lowest BCUT2D eigenvalue weighted by Gasteiger charge is -2.35. The van der Waals surface area contributed by atoms with E-state index in [9.17, 15) is 71.1 Å². The second kappa shape index (κ2) is 50.0. The zero-order valence-corrected chi connectivity index (χ0v) is 66.2. The van der Waals surface area contributed by atoms with Crippen LogP contribution in [-0.4, -0.2) is 179 Å². The van der Waals surface area contributed by atoms with Crippen LogP contribution in [0.2, 0.25) is 0 Å². The summed E-state index contributed by atoms with van der Waals surface area (Å²) in [5, 5.41) is 7.53. The molecule has 7 rings (SSSR count). The number of halogens is 1. The fourth-order valence-corrected chi connectivity index (χ4v) is 20.1. The van der Waals surface area contributed by atoms with E-state index < -0.39 is 89.0 Å². The van der Waals surface area contributed by atoms with Crippen molar-refractivity contribution in [2.24, 2.45) is 43.3 Å². The Labute approximate surface area is 612 Å². The molecule has 3 saturated heterocycles. The molecule has 580 valence electrons. The molecule has 12 unspecified atom stereocenters. The van der Waals surface area contributed by atoms with Crippen LogP contribution >= 0.6 is 123 Å². The first-order valence-corrected chi connectivity index (χ1v) is 46.3. The zero-order chi connectivity index (χ0) is 75.0. The summed E-state index contributed by atoms with van der Waals surface area (Å²) in [4.78, 5) is 111. The van der Waals surface area contributed by atoms with Gasteiger partial charge in [0.2, 0.25) is 17.9 Å². The lowest BCUT2D eigenvalue weighted by molar-refractivity contribution is -0.671. The molecule has 3 amide bonds. The predicted molar refractivity (Wildman–Crippen MR) is 365 cm³/mol. The van der Waals surface area contributed by atoms with Crippen molar-refractivity contribution in [3.63, 3.8) is 0 Å². The number of hydrogen-bond donors (Lipinski definition) is 5. The second-order valence-electron chi connectivity index (χ2n) is 20.5. The summed E-state index contributed by atoms with van der Waals surface area (Å²) >= 11 is 5.08. The number of nitrogens with two attached hydrogens (primary N) is 2. The number of rotatable bonds is 39. The molecular formula is C48H84ClN13O27P6S6-4. The van der Waals surface area contributed by atoms with Gasteiger partial charge in [-0.05, 0) is 37.4 Å². The molecule has 4 aromatic heterocycles. The van der Waals surface area contributed by atoms with E-state index in [1.807, 2.05) is 41.8 Å². The van der Waals surface area contributed by atoms with E-state index in [1.54, 1.807) is 74.6 Å². The second-order valence-corrected chi connectivity index (χ2v) is 37.2. The first-order chi connectivity index (χ1) is 47.7. The van der Waals surface area contributed by atoms with Gasteiger partial charge in [-0.1, -0.05) is 64.8 Å². The zero-order valence-electron chi connectivity index (χ0n) is 55.2. The number of aromatic nitrogens is 8. The number of carbonyl (C=O) groups is 3. The van der Waals surface area contributed by atoms with Crippen LogP contribution < -0.4 is 65.9 Å². The number of amides is 3. The first kappa shape index (κ1) is 93.4. The van der Waals surface area contributed by atoms with Gasteiger partial charge in [-0.2, -0.15) is 0 Å². The average molecular weight is 1690 g/mol. The standard InChI is InChI=1S/C15H28N4O9P2S2.C15H27N3O9P2S2.C9H21NO8P2S2.C5H5ClN2O.C4H7N3/c1-18-5-6-19(12-18)11-17-15(20)16-4-3-7-26-30(23,24)27-8-13-9-31-32-10-14(13)28-29(21,22)25-2;1-17-5-6-18(12-17)8-15(19)16-4-3-7-25-29(22,23)26-9-13-10-30-31-11-14(13)27-28(20,21)24-2;1-15-19(11,12)18-9-7-22-21-6-8(9)5-17-20(13,14)16-4-2-3-10;6-5(9)3-8-2-1-7-4-8;5-3-7-2-1-6-4-7/h5-6,12-14H,3-4,7-11H2,1-2H3,(H3-,16,17,20,21,22,23,24);5-6,12-14H,3-4,7-11H2,1-2H3,(H2-,16,19,20,21,22,23);8-9H,2-7,10H2,1H3,(H,11,12)(H,13,14);1-2,4H,3H2;1-2,4H,3,5H2/p-4. The summed E-state index contributed by atoms with van der Waals surface area (Å²) in [6.45, 7) is 0.765. The van der Waals surface area contributed by atoms with Crippen LogP contribution in [0.5, 0.6) is 0 Å². The summed E-state index contributed by atoms with van der Waals surface area (Å²) in [6.07, 6.45) is 19.5. The summed E-state index contributed by atoms with van der Waals surface area (Å²) in [5.41, 5.74) is 10.5. The molecule has 0 spiro atoms. The van der Waals surface area contributed by atoms with Crippen LogP contribution in [-0.2, 0) is 132 Å². The molecule has 3 aliphatic rings. The maximum absolute atomic E-state index is 12.0. The highest BCUT2D eigenvalue weighted by Crippen LogP contribution is 2.50. The van der Waals surface area contributed by atoms with E-state index in [-0.39, 0.29) is 89.8 Å². The average Bonchev–Trinajstić information content (AvgIpc) is 1.62. The molecule has 0 saturated carbocycles. The highest BCUT2D eigenvalue weighted by Gasteiger charge is 2.34. The summed E-state index contributed by atoms with van der Waals surface area (Å²) in [6, 6.07) is -0.395. The van der Waals surface area contributed by atoms with Gasteiger partial charge in [-0.15, -0.1) is 0 Å². The quantitative estimate of drug-likeness (QED) is 0.0134. The monoisotopic (exact) mass is 1690 g/mol. The third-order valence-electron chi connectivity index (χ3n) is 12.6. The number of aryl methyl sites for hydroxylation is 2. The fraction of sp³-hybridized carbons (Fsp3) is 0.688. The Morgan fingerprint density at radius 2 is 0.901 bits per heavy atom. The molecule has 3 fully saturated rings. The van der Waals surface area contributed by atoms with Gasteiger partial charge >= 0.3 is 6.03 Å². The van der Waals surface area contributed by atoms with Crippen molar-refractivity contribution < 1.29 is 135 Å². The van der Waals surface area contributed by atoms with Gasteiger partial charge in [-0.25, -0.2) is 33.0 Å². The minimum absolute atomic E-state index is 0.0497. The molecule has 40 nitrogen and oxygen atoms in total. The van der Waals surface area contributed by atoms with E-state index in [0.29, 0.717) is 60.8 Å². The first-order valence-electron chi connectivity index (χ1n) is 29.7. The Bertz CT molecular complexity index is 3300. The number of phosphoric acid groups is 6. The number of nitrogens with one attached hydrogen (secondary N) is 3. The number of nitrogens with zero attached hydrogens (tertiary/aromatic N) is 8. The van der Waals surface area contributed by atoms with Gasteiger partial charge in [0.1, 0.15) is 24.8 Å². The van der Waals surface area contributed by atoms with Crippen molar-refractivity contribution in [2.75, 3.05) is 115 Å². The Morgan fingerprint density at radius 1 is 0.515 bits per heavy atom. The lowest BCUT2D eigenvalue weighted by Crippen LogP contribution is -2.37. The number of phosphoric ester groups is 6. The third-order valence-corrected chi connectivity index (χ3v) is 26.0. The summed E-state index contributed by atoms with van der Waals surface area (Å²) in [5.74, 6) is 0.889. The van der Waals surface area contributed by atoms with Crippen molar-refractivity contribution in [3.05, 3.63) is 74.9 Å². The maximum Gasteiger partial charge on any atom is 0.317 e. The lowest BCUT2D eigenvalue weighted by atomic mass is 10.1. The maximum atomic E-state index is 12.0. The van der Waals surface area contributed by atoms with Gasteiger partial charge in [0.25, 0.3) is 52.8 Å². The summed E-state index contributed by atoms with van der Waals surface area (Å²) < 4.78 is 137. The fourth-order valence-electron chi connectivity index (χ4n) is 7.34. The minimum atomic E-state index is -4.59. The number of urea groups is 1. The Kier molecular flexibility index (Phi) is 46.3. The highest BCUT2D eigenvalue weighted by molar-refractivity contribution is 8.77. The SMILES string of the molecule is COP(=O)([O-])OC1CSSCC1COP(=O)([O-])OCCCN.COP(=O)([O-])OC1CSSCC1COP(=O)([O-])OCCCNC(=O)Cn1cc[n+](C)c1.COP(=O)([O-])OC1CSSCC1COP(=O)([O-])OCCCNC(=O)NCn1cc[n+](C)c1.NCn1ccnc1.O=C(Cl)Cn1ccnc1. The normalized spacial score (nSPS) is 21.8. The molecular weight excluding hydrogens is 1600 g/mol. The Hall–Kier alpha value is -1.78. The van der Waals surface area contributed by atoms with E-state index in [4.69, 9.17) is 59.3 Å². The van der Waals surface area contributed by atoms with Crippen LogP contribution in [0.15, 0.2) is 74.9 Å². The molecule has 0 bridgehead atoms. The molecule has 7 N–H and O–H groups in total. The van der Waals surface area contributed by atoms with Crippen LogP contribution in [0.4, 0.5) is 4.79 Å². The molecule has 12 atom stereocenters. The number of carbonyl (C=O) groups excluding carboxylic acids is 3. The van der Waals surface area contributed by atoms with Crippen molar-refractivity contribution in [3.8, 4) is 0 Å². The van der Waals surface area contributed by atoms with Crippen molar-refractivity contribution >= 4 is 140 Å². The van der Waals surface area contributed by atoms with E-state index in [0.717, 1.165) is 21.3 Å². The van der Waals surface area contributed by atoms with Gasteiger partial charge < -0.3 is 120 Å². The Morgan fingerprint density at radius 3 is 1.25 bits per heavy atom. The highest BCUT2D eigenvalue weighted by atomic mass is 35.5.